The van der Waals surface area contributed by atoms with Crippen molar-refractivity contribution >= 4 is 69.0 Å². The van der Waals surface area contributed by atoms with Gasteiger partial charge in [-0.15, -0.1) is 0 Å². The summed E-state index contributed by atoms with van der Waals surface area (Å²) in [5.74, 6) is -3.13. The fraction of sp³-hybridized carbons (Fsp3) is 0.587. The number of aliphatic hydroxyl groups is 4. The van der Waals surface area contributed by atoms with Crippen molar-refractivity contribution in [2.45, 2.75) is 199 Å². The topological polar surface area (TPSA) is 308 Å². The number of likely N-dealkylation sites (N-methyl/N-ethyl adjacent to an activating group) is 2. The summed E-state index contributed by atoms with van der Waals surface area (Å²) < 4.78 is 47.9. The zero-order valence-corrected chi connectivity index (χ0v) is 70.6. The van der Waals surface area contributed by atoms with E-state index in [1.54, 1.807) is 14.2 Å². The average molecular weight is 1620 g/mol. The Morgan fingerprint density at radius 2 is 0.856 bits per heavy atom. The SMILES string of the molecule is CC[C@]1(O)CC2CN(CCc3c([nH]c4ccccc34)[C@@](C(=O)OC)(c3cc4c(cc3OC)N(C)C3C45CCN4CC=C[C@](CC)(C45)[C@@H](OC(C)=O)[C@]3(O)C(=O)OC)C2)C1.CC[C@]1(O)CC2CN(CCc3c([nH]c4ccccc34)[C@](C(=O)OC)(c3cc4c(cc3OC)N(C)C3C45CCN4CC=C[C@](CC)(C45)[C@@H](OC(C)=O)[C@]3(O)C(=O)OC)C2)C1. The molecule has 6 N–H and O–H groups in total. The number of methoxy groups -OCH3 is 6. The Hall–Kier alpha value is -8.86. The number of fused-ring (bicyclic) bond motifs is 12. The third-order valence-corrected chi connectivity index (χ3v) is 31.2. The number of esters is 6. The molecular weight excluding hydrogens is 1510 g/mol. The van der Waals surface area contributed by atoms with Crippen molar-refractivity contribution in [3.63, 3.8) is 0 Å². The Balaban J connectivity index is 0.000000169. The van der Waals surface area contributed by atoms with Crippen molar-refractivity contribution in [1.29, 1.82) is 0 Å². The van der Waals surface area contributed by atoms with Gasteiger partial charge < -0.3 is 78.1 Å². The molecule has 4 saturated heterocycles. The number of ether oxygens (including phenoxy) is 8. The van der Waals surface area contributed by atoms with E-state index in [0.717, 1.165) is 66.8 Å². The number of piperidine rings is 2. The van der Waals surface area contributed by atoms with Crippen LogP contribution in [0.5, 0.6) is 11.5 Å². The van der Waals surface area contributed by atoms with Gasteiger partial charge in [0, 0.05) is 182 Å². The summed E-state index contributed by atoms with van der Waals surface area (Å²) in [5, 5.41) is 52.7. The maximum atomic E-state index is 15.3. The van der Waals surface area contributed by atoms with Gasteiger partial charge in [0.15, 0.2) is 12.2 Å². The molecule has 12 heterocycles. The largest absolute Gasteiger partial charge is 0.496 e. The molecule has 12 aliphatic rings. The molecule has 4 bridgehead atoms. The zero-order valence-electron chi connectivity index (χ0n) is 70.6. The highest BCUT2D eigenvalue weighted by molar-refractivity contribution is 5.97. The molecule has 632 valence electrons. The predicted molar refractivity (Wildman–Crippen MR) is 441 cm³/mol. The molecule has 0 radical (unpaired) electrons. The summed E-state index contributed by atoms with van der Waals surface area (Å²) in [6.45, 7) is 17.2. The number of H-pyrrole nitrogens is 2. The molecule has 2 spiro atoms. The minimum atomic E-state index is -2.30. The highest BCUT2D eigenvalue weighted by Gasteiger charge is 2.83. The van der Waals surface area contributed by atoms with Gasteiger partial charge in [0.25, 0.3) is 0 Å². The number of aromatic nitrogens is 2. The molecule has 18 rings (SSSR count). The van der Waals surface area contributed by atoms with Gasteiger partial charge in [0.2, 0.25) is 11.2 Å². The highest BCUT2D eigenvalue weighted by atomic mass is 16.6. The molecule has 10 unspecified atom stereocenters. The van der Waals surface area contributed by atoms with Gasteiger partial charge in [-0.05, 0) is 148 Å². The summed E-state index contributed by atoms with van der Waals surface area (Å²) in [7, 11) is 12.3. The molecule has 118 heavy (non-hydrogen) atoms. The molecule has 26 heteroatoms. The van der Waals surface area contributed by atoms with E-state index >= 15 is 9.59 Å². The van der Waals surface area contributed by atoms with Crippen molar-refractivity contribution in [3.05, 3.63) is 142 Å². The molecule has 20 atom stereocenters. The van der Waals surface area contributed by atoms with Gasteiger partial charge in [0.05, 0.1) is 65.9 Å². The van der Waals surface area contributed by atoms with Crippen LogP contribution < -0.4 is 19.3 Å². The van der Waals surface area contributed by atoms with Crippen molar-refractivity contribution in [2.24, 2.45) is 22.7 Å². The molecule has 0 amide bonds. The number of anilines is 2. The van der Waals surface area contributed by atoms with Crippen molar-refractivity contribution < 1.29 is 87.1 Å². The lowest BCUT2D eigenvalue weighted by Gasteiger charge is -2.63. The number of nitrogens with one attached hydrogen (secondary N) is 2. The molecule has 2 saturated carbocycles. The van der Waals surface area contributed by atoms with Crippen LogP contribution in [0, 0.1) is 22.7 Å². The second-order valence-corrected chi connectivity index (χ2v) is 36.4. The minimum Gasteiger partial charge on any atom is -0.496 e. The van der Waals surface area contributed by atoms with Crippen LogP contribution in [-0.2, 0) is 91.7 Å². The van der Waals surface area contributed by atoms with Crippen molar-refractivity contribution in [3.8, 4) is 11.5 Å². The summed E-state index contributed by atoms with van der Waals surface area (Å²) >= 11 is 0. The van der Waals surface area contributed by atoms with Crippen LogP contribution in [0.3, 0.4) is 0 Å². The Bertz CT molecular complexity index is 4830. The van der Waals surface area contributed by atoms with E-state index in [0.29, 0.717) is 165 Å². The lowest BCUT2D eigenvalue weighted by molar-refractivity contribution is -0.229. The van der Waals surface area contributed by atoms with Crippen LogP contribution in [0.1, 0.15) is 151 Å². The Kier molecular flexibility index (Phi) is 20.0. The van der Waals surface area contributed by atoms with Crippen LogP contribution in [0.25, 0.3) is 21.8 Å². The Morgan fingerprint density at radius 1 is 0.475 bits per heavy atom. The zero-order chi connectivity index (χ0) is 83.7. The van der Waals surface area contributed by atoms with Gasteiger partial charge in [-0.3, -0.25) is 38.8 Å². The van der Waals surface area contributed by atoms with Gasteiger partial charge in [0.1, 0.15) is 22.3 Å². The van der Waals surface area contributed by atoms with Crippen LogP contribution in [0.2, 0.25) is 0 Å². The van der Waals surface area contributed by atoms with Gasteiger partial charge >= 0.3 is 35.8 Å². The van der Waals surface area contributed by atoms with Crippen LogP contribution >= 0.6 is 0 Å². The first-order valence-corrected chi connectivity index (χ1v) is 42.4. The number of benzene rings is 4. The first-order valence-electron chi connectivity index (χ1n) is 42.4. The molecule has 6 aromatic rings. The monoisotopic (exact) mass is 1620 g/mol. The first-order chi connectivity index (χ1) is 56.4. The molecule has 4 aromatic carbocycles. The second-order valence-electron chi connectivity index (χ2n) is 36.4. The summed E-state index contributed by atoms with van der Waals surface area (Å²) in [6, 6.07) is 21.9. The van der Waals surface area contributed by atoms with Crippen LogP contribution in [-0.4, -0.2) is 267 Å². The molecular formula is C92H116N8O18. The number of carbonyl (C=O) groups is 6. The van der Waals surface area contributed by atoms with E-state index in [-0.39, 0.29) is 23.9 Å². The molecule has 6 fully saturated rings. The number of rotatable bonds is 14. The number of carbonyl (C=O) groups excluding carboxylic acids is 6. The van der Waals surface area contributed by atoms with E-state index in [1.165, 1.54) is 42.3 Å². The van der Waals surface area contributed by atoms with E-state index in [9.17, 15) is 39.6 Å². The van der Waals surface area contributed by atoms with E-state index in [4.69, 9.17) is 37.9 Å². The Morgan fingerprint density at radius 3 is 1.20 bits per heavy atom. The molecule has 2 aromatic heterocycles. The quantitative estimate of drug-likeness (QED) is 0.0342. The standard InChI is InChI=1S/2C46H58N4O9/c2*1-8-42(54)23-28-24-45(40(52)57-6,36-30(15-19-49(25-28)26-42)29-13-10-11-14-33(29)47-36)32-21-31-34(22-35(32)56-5)48(4)38-44(31)17-20-50-18-12-16-43(9-2,37(44)50)39(59-27(3)51)46(38,55)41(53)58-7/h2*10-14,16,21-22,28,37-39,47,54-55H,8-9,15,17-20,23-26H2,1-7H3/t28?,37?,38?,39-,42+,43-,44?,45+,46+;28?,37?,38?,39-,42+,43-,44?,45-,46+/m11/s1. The summed E-state index contributed by atoms with van der Waals surface area (Å²) in [5.41, 5.74) is -3.25. The number of hydrogen-bond acceptors (Lipinski definition) is 24. The molecule has 26 nitrogen and oxygen atoms in total. The van der Waals surface area contributed by atoms with Crippen molar-refractivity contribution in [2.75, 3.05) is 132 Å². The first kappa shape index (κ1) is 81.5. The maximum Gasteiger partial charge on any atom is 0.344 e. The second kappa shape index (κ2) is 28.9. The number of nitrogens with zero attached hydrogens (tertiary/aromatic N) is 6. The fourth-order valence-electron chi connectivity index (χ4n) is 27.0. The van der Waals surface area contributed by atoms with E-state index in [2.05, 4.69) is 78.1 Å². The normalized spacial score (nSPS) is 37.0. The maximum absolute atomic E-state index is 15.3. The van der Waals surface area contributed by atoms with E-state index in [1.807, 2.05) is 100 Å². The molecule has 2 aliphatic carbocycles. The number of para-hydroxylation sites is 2. The van der Waals surface area contributed by atoms with Crippen LogP contribution in [0.15, 0.2) is 97.1 Å². The Labute approximate surface area is 689 Å². The van der Waals surface area contributed by atoms with Crippen molar-refractivity contribution in [1.82, 2.24) is 29.6 Å². The average Bonchev–Trinajstić information content (AvgIpc) is 1.47. The molecule has 10 aliphatic heterocycles. The third kappa shape index (κ3) is 11.0. The predicted octanol–water partition coefficient (Wildman–Crippen LogP) is 7.98. The van der Waals surface area contributed by atoms with E-state index < -0.39 is 115 Å². The summed E-state index contributed by atoms with van der Waals surface area (Å²) in [4.78, 5) is 106. The highest BCUT2D eigenvalue weighted by Crippen LogP contribution is 2.71. The summed E-state index contributed by atoms with van der Waals surface area (Å²) in [6.07, 6.45) is 11.9. The lowest BCUT2D eigenvalue weighted by atomic mass is 9.47. The van der Waals surface area contributed by atoms with Crippen LogP contribution in [0.4, 0.5) is 11.4 Å². The smallest absolute Gasteiger partial charge is 0.344 e. The number of hydrogen-bond donors (Lipinski definition) is 6. The van der Waals surface area contributed by atoms with Gasteiger partial charge in [-0.1, -0.05) is 88.4 Å². The minimum absolute atomic E-state index is 0.0986. The lowest BCUT2D eigenvalue weighted by Crippen LogP contribution is -2.81. The van der Waals surface area contributed by atoms with Gasteiger partial charge in [-0.2, -0.15) is 0 Å². The van der Waals surface area contributed by atoms with Gasteiger partial charge in [-0.25, -0.2) is 9.59 Å². The third-order valence-electron chi connectivity index (χ3n) is 31.2. The number of aromatic amines is 2. The fourth-order valence-corrected chi connectivity index (χ4v) is 27.0.